The number of furan rings is 1. The summed E-state index contributed by atoms with van der Waals surface area (Å²) in [6.45, 7) is 4.72. The highest BCUT2D eigenvalue weighted by Crippen LogP contribution is 2.52. The topological polar surface area (TPSA) is 16.4 Å². The van der Waals surface area contributed by atoms with Crippen molar-refractivity contribution in [2.75, 3.05) is 4.90 Å². The molecule has 0 bridgehead atoms. The molecule has 1 heterocycles. The van der Waals surface area contributed by atoms with Crippen molar-refractivity contribution in [2.45, 2.75) is 19.3 Å². The minimum Gasteiger partial charge on any atom is -0.455 e. The van der Waals surface area contributed by atoms with E-state index in [0.717, 1.165) is 50.1 Å². The smallest absolute Gasteiger partial charge is 0.143 e. The van der Waals surface area contributed by atoms with Gasteiger partial charge in [0.1, 0.15) is 11.2 Å². The summed E-state index contributed by atoms with van der Waals surface area (Å²) in [4.78, 5) is 2.47. The second-order valence-electron chi connectivity index (χ2n) is 16.1. The molecule has 0 saturated carbocycles. The van der Waals surface area contributed by atoms with E-state index in [0.29, 0.717) is 0 Å². The monoisotopic (exact) mass is 727 g/mol. The molecule has 12 rings (SSSR count). The van der Waals surface area contributed by atoms with Crippen molar-refractivity contribution < 1.29 is 4.42 Å². The molecular weight excluding hydrogens is 691 g/mol. The van der Waals surface area contributed by atoms with E-state index >= 15 is 0 Å². The molecule has 2 heteroatoms. The Labute approximate surface area is 330 Å². The summed E-state index contributed by atoms with van der Waals surface area (Å²) >= 11 is 0. The van der Waals surface area contributed by atoms with Crippen LogP contribution in [-0.2, 0) is 5.41 Å². The Morgan fingerprint density at radius 2 is 1.04 bits per heavy atom. The molecule has 0 N–H and O–H groups in total. The van der Waals surface area contributed by atoms with E-state index in [1.54, 1.807) is 0 Å². The Bertz CT molecular complexity index is 3460. The van der Waals surface area contributed by atoms with E-state index in [4.69, 9.17) is 4.42 Å². The van der Waals surface area contributed by atoms with Crippen LogP contribution in [0.4, 0.5) is 17.1 Å². The number of fused-ring (bicyclic) bond motifs is 11. The van der Waals surface area contributed by atoms with Gasteiger partial charge >= 0.3 is 0 Å². The van der Waals surface area contributed by atoms with Crippen molar-refractivity contribution in [3.05, 3.63) is 199 Å². The fourth-order valence-electron chi connectivity index (χ4n) is 9.81. The second kappa shape index (κ2) is 11.9. The average Bonchev–Trinajstić information content (AvgIpc) is 3.73. The molecule has 0 atom stereocenters. The van der Waals surface area contributed by atoms with E-state index in [1.807, 2.05) is 0 Å². The highest BCUT2D eigenvalue weighted by atomic mass is 16.3. The van der Waals surface area contributed by atoms with E-state index in [1.165, 1.54) is 65.3 Å². The van der Waals surface area contributed by atoms with Crippen LogP contribution in [0.2, 0.25) is 0 Å². The van der Waals surface area contributed by atoms with E-state index < -0.39 is 0 Å². The van der Waals surface area contributed by atoms with Gasteiger partial charge in [0.05, 0.1) is 5.69 Å². The zero-order valence-electron chi connectivity index (χ0n) is 31.8. The molecule has 0 fully saturated rings. The molecule has 0 saturated heterocycles. The lowest BCUT2D eigenvalue weighted by Crippen LogP contribution is -2.16. The van der Waals surface area contributed by atoms with Gasteiger partial charge in [0.25, 0.3) is 0 Å². The third-order valence-corrected chi connectivity index (χ3v) is 12.6. The second-order valence-corrected chi connectivity index (χ2v) is 16.1. The Hall–Kier alpha value is -7.16. The first-order chi connectivity index (χ1) is 28.0. The summed E-state index contributed by atoms with van der Waals surface area (Å²) in [6, 6.07) is 69.0. The van der Waals surface area contributed by atoms with E-state index in [9.17, 15) is 0 Å². The molecule has 1 aromatic heterocycles. The van der Waals surface area contributed by atoms with E-state index in [2.05, 4.69) is 207 Å². The SMILES string of the molecule is CC1(C)c2ccccc2-c2ccc(N(c3ccc4oc5c(-c6ccc7ccccc7c6)c6ccccc6cc5c4c3)c3cc4ccccc4c4ccccc34)cc21. The average molecular weight is 728 g/mol. The van der Waals surface area contributed by atoms with Gasteiger partial charge in [-0.15, -0.1) is 0 Å². The first-order valence-corrected chi connectivity index (χ1v) is 19.8. The summed E-state index contributed by atoms with van der Waals surface area (Å²) in [6.07, 6.45) is 0. The molecule has 2 nitrogen and oxygen atoms in total. The fourth-order valence-corrected chi connectivity index (χ4v) is 9.81. The lowest BCUT2D eigenvalue weighted by Gasteiger charge is -2.29. The molecule has 0 radical (unpaired) electrons. The van der Waals surface area contributed by atoms with Crippen LogP contribution < -0.4 is 4.90 Å². The van der Waals surface area contributed by atoms with E-state index in [-0.39, 0.29) is 5.41 Å². The molecule has 0 spiro atoms. The molecule has 1 aliphatic carbocycles. The normalized spacial score (nSPS) is 13.2. The Morgan fingerprint density at radius 3 is 1.88 bits per heavy atom. The van der Waals surface area contributed by atoms with Crippen LogP contribution in [0.15, 0.2) is 192 Å². The van der Waals surface area contributed by atoms with Gasteiger partial charge in [0.15, 0.2) is 0 Å². The van der Waals surface area contributed by atoms with Crippen molar-refractivity contribution in [3.8, 4) is 22.3 Å². The molecule has 57 heavy (non-hydrogen) atoms. The van der Waals surface area contributed by atoms with Crippen molar-refractivity contribution in [1.29, 1.82) is 0 Å². The minimum atomic E-state index is -0.135. The number of hydrogen-bond donors (Lipinski definition) is 0. The Morgan fingerprint density at radius 1 is 0.404 bits per heavy atom. The largest absolute Gasteiger partial charge is 0.455 e. The van der Waals surface area contributed by atoms with Crippen LogP contribution >= 0.6 is 0 Å². The number of anilines is 3. The maximum atomic E-state index is 6.94. The van der Waals surface area contributed by atoms with Gasteiger partial charge in [-0.2, -0.15) is 0 Å². The van der Waals surface area contributed by atoms with Gasteiger partial charge in [-0.3, -0.25) is 0 Å². The highest BCUT2D eigenvalue weighted by molar-refractivity contribution is 6.20. The minimum absolute atomic E-state index is 0.135. The van der Waals surface area contributed by atoms with Crippen molar-refractivity contribution in [1.82, 2.24) is 0 Å². The Kier molecular flexibility index (Phi) is 6.72. The lowest BCUT2D eigenvalue weighted by molar-refractivity contribution is 0.660. The molecule has 0 amide bonds. The Balaban J connectivity index is 1.13. The standard InChI is InChI=1S/C55H37NO/c1-55(2)49-22-12-11-20-44(49)45-27-25-40(33-50(45)55)56(51-31-37-16-5-7-17-41(37)43-19-9-10-21-46(43)51)39-26-28-52-47(32-39)48-30-36-15-6-8-18-42(36)53(54(48)57-52)38-24-23-34-13-3-4-14-35(34)29-38/h3-33H,1-2H3. The van der Waals surface area contributed by atoms with Gasteiger partial charge in [0.2, 0.25) is 0 Å². The lowest BCUT2D eigenvalue weighted by atomic mass is 9.82. The number of hydrogen-bond acceptors (Lipinski definition) is 2. The van der Waals surface area contributed by atoms with Crippen LogP contribution in [0, 0.1) is 0 Å². The van der Waals surface area contributed by atoms with Gasteiger partial charge in [0, 0.05) is 38.5 Å². The van der Waals surface area contributed by atoms with Gasteiger partial charge in [-0.05, 0) is 114 Å². The van der Waals surface area contributed by atoms with Crippen LogP contribution in [0.25, 0.3) is 87.3 Å². The third kappa shape index (κ3) is 4.71. The van der Waals surface area contributed by atoms with Crippen molar-refractivity contribution >= 4 is 82.1 Å². The molecule has 1 aliphatic rings. The first-order valence-electron chi connectivity index (χ1n) is 19.8. The third-order valence-electron chi connectivity index (χ3n) is 12.6. The van der Waals surface area contributed by atoms with Crippen LogP contribution in [-0.4, -0.2) is 0 Å². The van der Waals surface area contributed by atoms with Crippen LogP contribution in [0.5, 0.6) is 0 Å². The molecule has 0 aliphatic heterocycles. The molecule has 10 aromatic carbocycles. The molecule has 11 aromatic rings. The maximum absolute atomic E-state index is 6.94. The highest BCUT2D eigenvalue weighted by Gasteiger charge is 2.36. The summed E-state index contributed by atoms with van der Waals surface area (Å²) in [5, 5.41) is 12.0. The summed E-state index contributed by atoms with van der Waals surface area (Å²) in [5.74, 6) is 0. The zero-order valence-corrected chi connectivity index (χ0v) is 31.8. The zero-order chi connectivity index (χ0) is 37.8. The predicted octanol–water partition coefficient (Wildman–Crippen LogP) is 15.6. The summed E-state index contributed by atoms with van der Waals surface area (Å²) in [7, 11) is 0. The van der Waals surface area contributed by atoms with Gasteiger partial charge < -0.3 is 9.32 Å². The maximum Gasteiger partial charge on any atom is 0.143 e. The predicted molar refractivity (Wildman–Crippen MR) is 241 cm³/mol. The molecule has 0 unspecified atom stereocenters. The van der Waals surface area contributed by atoms with Gasteiger partial charge in [-0.25, -0.2) is 0 Å². The molecular formula is C55H37NO. The molecule has 268 valence electrons. The summed E-state index contributed by atoms with van der Waals surface area (Å²) < 4.78 is 6.94. The van der Waals surface area contributed by atoms with Crippen molar-refractivity contribution in [3.63, 3.8) is 0 Å². The van der Waals surface area contributed by atoms with Crippen molar-refractivity contribution in [2.24, 2.45) is 0 Å². The summed E-state index contributed by atoms with van der Waals surface area (Å²) in [5.41, 5.74) is 12.7. The fraction of sp³-hybridized carbons (Fsp3) is 0.0545. The number of rotatable bonds is 4. The van der Waals surface area contributed by atoms with Crippen LogP contribution in [0.1, 0.15) is 25.0 Å². The number of nitrogens with zero attached hydrogens (tertiary/aromatic N) is 1. The quantitative estimate of drug-likeness (QED) is 0.168. The van der Waals surface area contributed by atoms with Gasteiger partial charge in [-0.1, -0.05) is 153 Å². The van der Waals surface area contributed by atoms with Crippen LogP contribution in [0.3, 0.4) is 0 Å². The number of benzene rings is 10. The first kappa shape index (κ1) is 32.1.